The quantitative estimate of drug-likeness (QED) is 0.709. The Morgan fingerprint density at radius 1 is 1.20 bits per heavy atom. The van der Waals surface area contributed by atoms with Gasteiger partial charge < -0.3 is 11.1 Å². The lowest BCUT2D eigenvalue weighted by atomic mass is 10.1. The summed E-state index contributed by atoms with van der Waals surface area (Å²) in [5, 5.41) is 12.4. The number of hydrogen-bond donors (Lipinski definition) is 2. The number of nitrogen functional groups attached to an aromatic ring is 1. The Bertz CT molecular complexity index is 989. The van der Waals surface area contributed by atoms with E-state index in [1.807, 2.05) is 12.1 Å². The Balaban J connectivity index is 2.01. The highest BCUT2D eigenvalue weighted by atomic mass is 16.2. The number of amides is 2. The topological polar surface area (TPSA) is 124 Å². The lowest BCUT2D eigenvalue weighted by Gasteiger charge is -2.17. The molecule has 0 bridgehead atoms. The van der Waals surface area contributed by atoms with Crippen LogP contribution in [0.2, 0.25) is 0 Å². The molecule has 122 valence electrons. The number of carbonyl (C=O) groups is 2. The first-order chi connectivity index (χ1) is 12.1. The van der Waals surface area contributed by atoms with E-state index in [0.29, 0.717) is 22.8 Å². The van der Waals surface area contributed by atoms with Crippen LogP contribution in [0.3, 0.4) is 0 Å². The minimum Gasteiger partial charge on any atom is -0.383 e. The van der Waals surface area contributed by atoms with Crippen molar-refractivity contribution in [1.82, 2.24) is 9.88 Å². The monoisotopic (exact) mass is 332 g/mol. The molecule has 1 fully saturated rings. The van der Waals surface area contributed by atoms with Gasteiger partial charge >= 0.3 is 0 Å². The fourth-order valence-electron chi connectivity index (χ4n) is 2.84. The van der Waals surface area contributed by atoms with Crippen LogP contribution in [0.15, 0.2) is 35.3 Å². The van der Waals surface area contributed by atoms with E-state index in [4.69, 9.17) is 5.73 Å². The Morgan fingerprint density at radius 3 is 2.64 bits per heavy atom. The normalized spacial score (nSPS) is 15.6. The molecule has 8 heteroatoms. The maximum Gasteiger partial charge on any atom is 0.235 e. The van der Waals surface area contributed by atoms with Gasteiger partial charge in [0.15, 0.2) is 5.84 Å². The van der Waals surface area contributed by atoms with E-state index in [9.17, 15) is 14.9 Å². The number of aliphatic imine (C=N–C) groups is 1. The van der Waals surface area contributed by atoms with E-state index >= 15 is 0 Å². The summed E-state index contributed by atoms with van der Waals surface area (Å²) >= 11 is 0. The SMILES string of the molecule is N#Cc1cc2c(nc1N)Nc1ccccc1N=C2N1C(=O)CCC1=O. The van der Waals surface area contributed by atoms with Crippen molar-refractivity contribution in [2.45, 2.75) is 12.8 Å². The maximum atomic E-state index is 12.2. The number of carbonyl (C=O) groups excluding carboxylic acids is 2. The highest BCUT2D eigenvalue weighted by Gasteiger charge is 2.36. The first kappa shape index (κ1) is 14.8. The number of rotatable bonds is 0. The standard InChI is InChI=1S/C17H12N6O2/c18-8-9-7-10-16(22-15(9)19)20-11-3-1-2-4-12(11)21-17(10)23-13(24)5-6-14(23)25/h1-4,7H,5-6H2,(H3,19,20,22). The van der Waals surface area contributed by atoms with Gasteiger partial charge in [-0.1, -0.05) is 12.1 Å². The molecule has 1 aromatic carbocycles. The third-order valence-electron chi connectivity index (χ3n) is 4.06. The molecule has 0 atom stereocenters. The fourth-order valence-corrected chi connectivity index (χ4v) is 2.84. The van der Waals surface area contributed by atoms with Crippen LogP contribution in [0, 0.1) is 11.3 Å². The summed E-state index contributed by atoms with van der Waals surface area (Å²) in [6, 6.07) is 10.6. The molecule has 0 spiro atoms. The zero-order valence-electron chi connectivity index (χ0n) is 13.0. The van der Waals surface area contributed by atoms with E-state index in [2.05, 4.69) is 15.3 Å². The molecule has 0 unspecified atom stereocenters. The number of hydrogen-bond acceptors (Lipinski definition) is 7. The number of fused-ring (bicyclic) bond motifs is 2. The van der Waals surface area contributed by atoms with Crippen molar-refractivity contribution in [2.24, 2.45) is 4.99 Å². The van der Waals surface area contributed by atoms with Crippen LogP contribution < -0.4 is 11.1 Å². The Labute approximate surface area is 142 Å². The summed E-state index contributed by atoms with van der Waals surface area (Å²) in [6.07, 6.45) is 0.269. The second-order valence-electron chi connectivity index (χ2n) is 5.63. The van der Waals surface area contributed by atoms with Crippen LogP contribution in [-0.4, -0.2) is 27.5 Å². The van der Waals surface area contributed by atoms with Crippen molar-refractivity contribution in [3.63, 3.8) is 0 Å². The lowest BCUT2D eigenvalue weighted by molar-refractivity contribution is -0.133. The summed E-state index contributed by atoms with van der Waals surface area (Å²) in [7, 11) is 0. The molecule has 0 aliphatic carbocycles. The van der Waals surface area contributed by atoms with Gasteiger partial charge in [-0.3, -0.25) is 9.59 Å². The number of benzene rings is 1. The molecule has 0 saturated carbocycles. The van der Waals surface area contributed by atoms with E-state index in [0.717, 1.165) is 4.90 Å². The molecule has 4 rings (SSSR count). The molecule has 1 saturated heterocycles. The third-order valence-corrected chi connectivity index (χ3v) is 4.06. The minimum absolute atomic E-state index is 0.0616. The van der Waals surface area contributed by atoms with Gasteiger partial charge in [0, 0.05) is 12.8 Å². The first-order valence-electron chi connectivity index (χ1n) is 7.60. The Morgan fingerprint density at radius 2 is 1.92 bits per heavy atom. The van der Waals surface area contributed by atoms with Crippen LogP contribution in [0.25, 0.3) is 0 Å². The summed E-state index contributed by atoms with van der Waals surface area (Å²) in [6.45, 7) is 0. The largest absolute Gasteiger partial charge is 0.383 e. The van der Waals surface area contributed by atoms with E-state index in [1.165, 1.54) is 6.07 Å². The molecule has 25 heavy (non-hydrogen) atoms. The predicted octanol–water partition coefficient (Wildman–Crippen LogP) is 1.82. The van der Waals surface area contributed by atoms with Gasteiger partial charge in [-0.05, 0) is 18.2 Å². The van der Waals surface area contributed by atoms with Crippen molar-refractivity contribution in [3.05, 3.63) is 41.5 Å². The van der Waals surface area contributed by atoms with Crippen LogP contribution in [0.5, 0.6) is 0 Å². The number of para-hydroxylation sites is 2. The molecule has 8 nitrogen and oxygen atoms in total. The highest BCUT2D eigenvalue weighted by molar-refractivity contribution is 6.24. The number of nitriles is 1. The Kier molecular flexibility index (Phi) is 3.22. The van der Waals surface area contributed by atoms with Crippen molar-refractivity contribution in [2.75, 3.05) is 11.1 Å². The second-order valence-corrected chi connectivity index (χ2v) is 5.63. The van der Waals surface area contributed by atoms with Gasteiger partial charge in [0.1, 0.15) is 17.7 Å². The van der Waals surface area contributed by atoms with Crippen LogP contribution >= 0.6 is 0 Å². The van der Waals surface area contributed by atoms with Gasteiger partial charge in [-0.2, -0.15) is 5.26 Å². The number of aromatic nitrogens is 1. The molecule has 0 radical (unpaired) electrons. The molecular formula is C17H12N6O2. The first-order valence-corrected chi connectivity index (χ1v) is 7.60. The fraction of sp³-hybridized carbons (Fsp3) is 0.118. The molecule has 3 heterocycles. The number of anilines is 3. The zero-order chi connectivity index (χ0) is 17.6. The number of nitrogens with two attached hydrogens (primary N) is 1. The molecule has 2 aliphatic rings. The van der Waals surface area contributed by atoms with Gasteiger partial charge in [0.05, 0.1) is 22.5 Å². The molecular weight excluding hydrogens is 320 g/mol. The number of likely N-dealkylation sites (tertiary alicyclic amines) is 1. The predicted molar refractivity (Wildman–Crippen MR) is 90.4 cm³/mol. The Hall–Kier alpha value is -3.73. The van der Waals surface area contributed by atoms with Gasteiger partial charge in [0.2, 0.25) is 11.8 Å². The van der Waals surface area contributed by atoms with Gasteiger partial charge in [-0.15, -0.1) is 0 Å². The second kappa shape index (κ2) is 5.42. The lowest BCUT2D eigenvalue weighted by Crippen LogP contribution is -2.36. The number of amidine groups is 1. The summed E-state index contributed by atoms with van der Waals surface area (Å²) in [5.41, 5.74) is 7.57. The highest BCUT2D eigenvalue weighted by Crippen LogP contribution is 2.35. The van der Waals surface area contributed by atoms with Crippen molar-refractivity contribution < 1.29 is 9.59 Å². The van der Waals surface area contributed by atoms with Gasteiger partial charge in [0.25, 0.3) is 0 Å². The third kappa shape index (κ3) is 2.30. The number of nitrogens with zero attached hydrogens (tertiary/aromatic N) is 4. The maximum absolute atomic E-state index is 12.2. The number of nitrogens with one attached hydrogen (secondary N) is 1. The van der Waals surface area contributed by atoms with Crippen molar-refractivity contribution in [3.8, 4) is 6.07 Å². The van der Waals surface area contributed by atoms with Gasteiger partial charge in [-0.25, -0.2) is 14.9 Å². The number of pyridine rings is 1. The molecule has 2 amide bonds. The summed E-state index contributed by atoms with van der Waals surface area (Å²) in [5.74, 6) is -0.1000. The minimum atomic E-state index is -0.329. The van der Waals surface area contributed by atoms with Crippen LogP contribution in [0.1, 0.15) is 24.0 Å². The van der Waals surface area contributed by atoms with Crippen molar-refractivity contribution >= 4 is 40.7 Å². The van der Waals surface area contributed by atoms with Crippen LogP contribution in [-0.2, 0) is 9.59 Å². The molecule has 2 aromatic rings. The molecule has 3 N–H and O–H groups in total. The smallest absolute Gasteiger partial charge is 0.235 e. The van der Waals surface area contributed by atoms with Crippen molar-refractivity contribution in [1.29, 1.82) is 5.26 Å². The molecule has 1 aromatic heterocycles. The van der Waals surface area contributed by atoms with E-state index < -0.39 is 0 Å². The average Bonchev–Trinajstić information content (AvgIpc) is 2.85. The number of imide groups is 1. The van der Waals surface area contributed by atoms with E-state index in [-0.39, 0.29) is 41.9 Å². The summed E-state index contributed by atoms with van der Waals surface area (Å²) in [4.78, 5) is 34.3. The molecule has 2 aliphatic heterocycles. The average molecular weight is 332 g/mol. The zero-order valence-corrected chi connectivity index (χ0v) is 13.0. The summed E-state index contributed by atoms with van der Waals surface area (Å²) < 4.78 is 0. The van der Waals surface area contributed by atoms with E-state index in [1.54, 1.807) is 18.2 Å². The van der Waals surface area contributed by atoms with Crippen LogP contribution in [0.4, 0.5) is 23.0 Å².